The van der Waals surface area contributed by atoms with Gasteiger partial charge in [0.25, 0.3) is 0 Å². The molecule has 0 saturated carbocycles. The van der Waals surface area contributed by atoms with Gasteiger partial charge in [0, 0.05) is 31.7 Å². The van der Waals surface area contributed by atoms with Crippen molar-refractivity contribution >= 4 is 23.6 Å². The third-order valence-electron chi connectivity index (χ3n) is 4.40. The quantitative estimate of drug-likeness (QED) is 0.730. The summed E-state index contributed by atoms with van der Waals surface area (Å²) in [5.41, 5.74) is 2.79. The number of urea groups is 1. The van der Waals surface area contributed by atoms with E-state index in [1.165, 1.54) is 12.1 Å². The van der Waals surface area contributed by atoms with Gasteiger partial charge in [0.1, 0.15) is 0 Å². The molecule has 3 rings (SSSR count). The standard InChI is InChI=1S/C20H21N3O4/c24-18-5-2-10-23(18)17-4-1-3-15(11-17)13-22-20(27)21-12-14-6-8-16(9-7-14)19(25)26/h1,3-4,6-9,11H,2,5,10,12-13H2,(H,25,26)(H2,21,22,27). The highest BCUT2D eigenvalue weighted by atomic mass is 16.4. The van der Waals surface area contributed by atoms with Crippen LogP contribution in [0, 0.1) is 0 Å². The molecule has 1 aliphatic rings. The van der Waals surface area contributed by atoms with E-state index in [2.05, 4.69) is 10.6 Å². The Balaban J connectivity index is 1.49. The molecule has 0 unspecified atom stereocenters. The summed E-state index contributed by atoms with van der Waals surface area (Å²) in [6.45, 7) is 1.38. The maximum Gasteiger partial charge on any atom is 0.335 e. The Morgan fingerprint density at radius 2 is 1.70 bits per heavy atom. The molecule has 0 spiro atoms. The molecule has 3 N–H and O–H groups in total. The second-order valence-corrected chi connectivity index (χ2v) is 6.36. The Hall–Kier alpha value is -3.35. The minimum Gasteiger partial charge on any atom is -0.478 e. The molecule has 7 nitrogen and oxygen atoms in total. The van der Waals surface area contributed by atoms with Crippen molar-refractivity contribution in [2.45, 2.75) is 25.9 Å². The summed E-state index contributed by atoms with van der Waals surface area (Å²) >= 11 is 0. The smallest absolute Gasteiger partial charge is 0.335 e. The molecule has 0 aliphatic carbocycles. The molecule has 0 atom stereocenters. The van der Waals surface area contributed by atoms with Gasteiger partial charge >= 0.3 is 12.0 Å². The molecule has 2 aromatic rings. The van der Waals surface area contributed by atoms with Gasteiger partial charge in [0.05, 0.1) is 5.56 Å². The molecular formula is C20H21N3O4. The maximum absolute atomic E-state index is 12.0. The summed E-state index contributed by atoms with van der Waals surface area (Å²) < 4.78 is 0. The van der Waals surface area contributed by atoms with Crippen LogP contribution in [0.1, 0.15) is 34.3 Å². The number of carboxylic acid groups (broad SMARTS) is 1. The number of nitrogens with one attached hydrogen (secondary N) is 2. The highest BCUT2D eigenvalue weighted by Gasteiger charge is 2.21. The van der Waals surface area contributed by atoms with Gasteiger partial charge in [0.15, 0.2) is 0 Å². The molecule has 1 saturated heterocycles. The zero-order valence-corrected chi connectivity index (χ0v) is 14.8. The maximum atomic E-state index is 12.0. The zero-order chi connectivity index (χ0) is 19.2. The molecule has 140 valence electrons. The third kappa shape index (κ3) is 4.84. The molecule has 0 bridgehead atoms. The highest BCUT2D eigenvalue weighted by Crippen LogP contribution is 2.22. The fourth-order valence-electron chi connectivity index (χ4n) is 2.95. The number of carbonyl (C=O) groups excluding carboxylic acids is 2. The lowest BCUT2D eigenvalue weighted by Gasteiger charge is -2.16. The van der Waals surface area contributed by atoms with Crippen molar-refractivity contribution in [3.63, 3.8) is 0 Å². The summed E-state index contributed by atoms with van der Waals surface area (Å²) in [6.07, 6.45) is 1.45. The van der Waals surface area contributed by atoms with E-state index in [1.807, 2.05) is 24.3 Å². The molecule has 3 amide bonds. The SMILES string of the molecule is O=C(NCc1ccc(C(=O)O)cc1)NCc1cccc(N2CCCC2=O)c1. The molecule has 1 heterocycles. The van der Waals surface area contributed by atoms with Crippen molar-refractivity contribution in [3.8, 4) is 0 Å². The molecule has 0 radical (unpaired) electrons. The number of nitrogens with zero attached hydrogens (tertiary/aromatic N) is 1. The zero-order valence-electron chi connectivity index (χ0n) is 14.8. The van der Waals surface area contributed by atoms with Crippen molar-refractivity contribution in [2.75, 3.05) is 11.4 Å². The van der Waals surface area contributed by atoms with E-state index in [4.69, 9.17) is 5.11 Å². The van der Waals surface area contributed by atoms with Crippen LogP contribution in [0.15, 0.2) is 48.5 Å². The number of carboxylic acids is 1. The number of amides is 3. The molecule has 1 aliphatic heterocycles. The van der Waals surface area contributed by atoms with E-state index in [9.17, 15) is 14.4 Å². The predicted octanol–water partition coefficient (Wildman–Crippen LogP) is 2.51. The summed E-state index contributed by atoms with van der Waals surface area (Å²) in [6, 6.07) is 13.6. The van der Waals surface area contributed by atoms with Crippen molar-refractivity contribution in [3.05, 3.63) is 65.2 Å². The van der Waals surface area contributed by atoms with Crippen molar-refractivity contribution < 1.29 is 19.5 Å². The second-order valence-electron chi connectivity index (χ2n) is 6.36. The van der Waals surface area contributed by atoms with E-state index in [-0.39, 0.29) is 17.5 Å². The normalized spacial score (nSPS) is 13.5. The largest absolute Gasteiger partial charge is 0.478 e. The minimum absolute atomic E-state index is 0.131. The first-order chi connectivity index (χ1) is 13.0. The summed E-state index contributed by atoms with van der Waals surface area (Å²) in [5, 5.41) is 14.4. The summed E-state index contributed by atoms with van der Waals surface area (Å²) in [4.78, 5) is 36.4. The Morgan fingerprint density at radius 1 is 1.00 bits per heavy atom. The van der Waals surface area contributed by atoms with Crippen LogP contribution in [0.25, 0.3) is 0 Å². The van der Waals surface area contributed by atoms with E-state index in [0.29, 0.717) is 19.5 Å². The Morgan fingerprint density at radius 3 is 2.33 bits per heavy atom. The third-order valence-corrected chi connectivity index (χ3v) is 4.40. The summed E-state index contributed by atoms with van der Waals surface area (Å²) in [7, 11) is 0. The summed E-state index contributed by atoms with van der Waals surface area (Å²) in [5.74, 6) is -0.850. The fraction of sp³-hybridized carbons (Fsp3) is 0.250. The van der Waals surface area contributed by atoms with Gasteiger partial charge in [-0.3, -0.25) is 4.79 Å². The monoisotopic (exact) mass is 367 g/mol. The molecule has 2 aromatic carbocycles. The first-order valence-corrected chi connectivity index (χ1v) is 8.76. The Labute approximate surface area is 157 Å². The molecule has 1 fully saturated rings. The number of hydrogen-bond acceptors (Lipinski definition) is 3. The van der Waals surface area contributed by atoms with Crippen molar-refractivity contribution in [2.24, 2.45) is 0 Å². The van der Waals surface area contributed by atoms with Crippen LogP contribution in [0.3, 0.4) is 0 Å². The minimum atomic E-state index is -0.981. The topological polar surface area (TPSA) is 98.7 Å². The average Bonchev–Trinajstić information content (AvgIpc) is 3.11. The molecule has 27 heavy (non-hydrogen) atoms. The van der Waals surface area contributed by atoms with Crippen molar-refractivity contribution in [1.82, 2.24) is 10.6 Å². The van der Waals surface area contributed by atoms with E-state index in [0.717, 1.165) is 29.8 Å². The van der Waals surface area contributed by atoms with E-state index in [1.54, 1.807) is 17.0 Å². The lowest BCUT2D eigenvalue weighted by Crippen LogP contribution is -2.34. The number of anilines is 1. The first-order valence-electron chi connectivity index (χ1n) is 8.76. The number of benzene rings is 2. The Bertz CT molecular complexity index is 849. The van der Waals surface area contributed by atoms with Crippen LogP contribution < -0.4 is 15.5 Å². The highest BCUT2D eigenvalue weighted by molar-refractivity contribution is 5.95. The molecule has 0 aromatic heterocycles. The van der Waals surface area contributed by atoms with Crippen LogP contribution in [0.4, 0.5) is 10.5 Å². The lowest BCUT2D eigenvalue weighted by molar-refractivity contribution is -0.117. The number of carbonyl (C=O) groups is 3. The van der Waals surface area contributed by atoms with E-state index < -0.39 is 5.97 Å². The van der Waals surface area contributed by atoms with Gasteiger partial charge in [-0.2, -0.15) is 0 Å². The number of aromatic carboxylic acids is 1. The van der Waals surface area contributed by atoms with Crippen LogP contribution in [-0.4, -0.2) is 29.6 Å². The molecule has 7 heteroatoms. The van der Waals surface area contributed by atoms with Crippen LogP contribution in [0.5, 0.6) is 0 Å². The fourth-order valence-corrected chi connectivity index (χ4v) is 2.95. The average molecular weight is 367 g/mol. The first kappa shape index (κ1) is 18.4. The lowest BCUT2D eigenvalue weighted by atomic mass is 10.1. The number of rotatable bonds is 6. The van der Waals surface area contributed by atoms with Gasteiger partial charge in [-0.25, -0.2) is 9.59 Å². The molecular weight excluding hydrogens is 346 g/mol. The van der Waals surface area contributed by atoms with Gasteiger partial charge < -0.3 is 20.6 Å². The number of hydrogen-bond donors (Lipinski definition) is 3. The van der Waals surface area contributed by atoms with Crippen LogP contribution >= 0.6 is 0 Å². The van der Waals surface area contributed by atoms with Gasteiger partial charge in [-0.05, 0) is 41.8 Å². The van der Waals surface area contributed by atoms with Crippen LogP contribution in [0.2, 0.25) is 0 Å². The van der Waals surface area contributed by atoms with E-state index >= 15 is 0 Å². The van der Waals surface area contributed by atoms with Gasteiger partial charge in [-0.1, -0.05) is 24.3 Å². The van der Waals surface area contributed by atoms with Crippen molar-refractivity contribution in [1.29, 1.82) is 0 Å². The Kier molecular flexibility index (Phi) is 5.71. The van der Waals surface area contributed by atoms with Crippen LogP contribution in [-0.2, 0) is 17.9 Å². The van der Waals surface area contributed by atoms with Gasteiger partial charge in [-0.15, -0.1) is 0 Å². The second kappa shape index (κ2) is 8.35. The van der Waals surface area contributed by atoms with Gasteiger partial charge in [0.2, 0.25) is 5.91 Å². The predicted molar refractivity (Wildman–Crippen MR) is 101 cm³/mol.